The van der Waals surface area contributed by atoms with Crippen LogP contribution in [0.2, 0.25) is 0 Å². The molecular formula is C18H26ClN3O2. The first-order chi connectivity index (χ1) is 11.1. The van der Waals surface area contributed by atoms with Crippen LogP contribution < -0.4 is 10.6 Å². The first-order valence-electron chi connectivity index (χ1n) is 8.50. The lowest BCUT2D eigenvalue weighted by Gasteiger charge is -2.36. The average Bonchev–Trinajstić information content (AvgIpc) is 2.99. The highest BCUT2D eigenvalue weighted by molar-refractivity contribution is 5.99. The lowest BCUT2D eigenvalue weighted by molar-refractivity contribution is -0.130. The van der Waals surface area contributed by atoms with E-state index in [0.29, 0.717) is 12.1 Å². The second-order valence-corrected chi connectivity index (χ2v) is 6.70. The van der Waals surface area contributed by atoms with Crippen molar-refractivity contribution in [2.24, 2.45) is 0 Å². The van der Waals surface area contributed by atoms with E-state index in [9.17, 15) is 9.59 Å². The van der Waals surface area contributed by atoms with Crippen LogP contribution in [-0.2, 0) is 4.79 Å². The molecule has 1 unspecified atom stereocenters. The molecule has 1 atom stereocenters. The summed E-state index contributed by atoms with van der Waals surface area (Å²) in [6.07, 6.45) is 3.50. The Morgan fingerprint density at radius 3 is 2.54 bits per heavy atom. The number of nitrogens with zero attached hydrogens (tertiary/aromatic N) is 1. The summed E-state index contributed by atoms with van der Waals surface area (Å²) < 4.78 is 0. The van der Waals surface area contributed by atoms with E-state index >= 15 is 0 Å². The quantitative estimate of drug-likeness (QED) is 0.875. The third-order valence-electron chi connectivity index (χ3n) is 5.07. The molecule has 0 saturated carbocycles. The zero-order valence-electron chi connectivity index (χ0n) is 14.1. The van der Waals surface area contributed by atoms with Crippen LogP contribution >= 0.6 is 12.4 Å². The Labute approximate surface area is 149 Å². The summed E-state index contributed by atoms with van der Waals surface area (Å²) >= 11 is 0. The number of halogens is 1. The number of piperidine rings is 1. The van der Waals surface area contributed by atoms with Crippen molar-refractivity contribution >= 4 is 24.2 Å². The molecule has 0 aromatic heterocycles. The lowest BCUT2D eigenvalue weighted by atomic mass is 9.95. The van der Waals surface area contributed by atoms with Crippen LogP contribution in [0.25, 0.3) is 0 Å². The van der Waals surface area contributed by atoms with E-state index in [1.807, 2.05) is 37.3 Å². The summed E-state index contributed by atoms with van der Waals surface area (Å²) in [6, 6.07) is 9.45. The number of carbonyl (C=O) groups is 2. The van der Waals surface area contributed by atoms with Crippen LogP contribution in [0.1, 0.15) is 43.0 Å². The Kier molecular flexibility index (Phi) is 6.24. The Bertz CT molecular complexity index is 575. The van der Waals surface area contributed by atoms with Crippen molar-refractivity contribution in [1.82, 2.24) is 15.5 Å². The van der Waals surface area contributed by atoms with Crippen molar-refractivity contribution in [3.63, 3.8) is 0 Å². The van der Waals surface area contributed by atoms with Gasteiger partial charge in [-0.25, -0.2) is 0 Å². The van der Waals surface area contributed by atoms with Crippen molar-refractivity contribution in [3.05, 3.63) is 35.9 Å². The Hall–Kier alpha value is -1.59. The highest BCUT2D eigenvalue weighted by Gasteiger charge is 2.46. The van der Waals surface area contributed by atoms with Gasteiger partial charge in [0, 0.05) is 18.2 Å². The van der Waals surface area contributed by atoms with E-state index in [2.05, 4.69) is 10.6 Å². The fourth-order valence-corrected chi connectivity index (χ4v) is 3.57. The topological polar surface area (TPSA) is 61.4 Å². The molecule has 2 saturated heterocycles. The van der Waals surface area contributed by atoms with Gasteiger partial charge in [-0.15, -0.1) is 12.4 Å². The minimum absolute atomic E-state index is 0. The summed E-state index contributed by atoms with van der Waals surface area (Å²) in [5, 5.41) is 6.46. The largest absolute Gasteiger partial charge is 0.351 e. The normalized spacial score (nSPS) is 24.3. The predicted molar refractivity (Wildman–Crippen MR) is 96.4 cm³/mol. The summed E-state index contributed by atoms with van der Waals surface area (Å²) in [6.45, 7) is 4.42. The Balaban J connectivity index is 0.00000208. The van der Waals surface area contributed by atoms with Gasteiger partial charge in [0.15, 0.2) is 0 Å². The smallest absolute Gasteiger partial charge is 0.254 e. The minimum Gasteiger partial charge on any atom is -0.351 e. The summed E-state index contributed by atoms with van der Waals surface area (Å²) in [4.78, 5) is 27.4. The van der Waals surface area contributed by atoms with E-state index in [0.717, 1.165) is 38.8 Å². The van der Waals surface area contributed by atoms with Crippen molar-refractivity contribution in [3.8, 4) is 0 Å². The number of benzene rings is 1. The zero-order chi connectivity index (χ0) is 16.3. The molecular weight excluding hydrogens is 326 g/mol. The molecule has 132 valence electrons. The lowest BCUT2D eigenvalue weighted by Crippen LogP contribution is -2.58. The molecule has 2 N–H and O–H groups in total. The van der Waals surface area contributed by atoms with Gasteiger partial charge in [0.1, 0.15) is 5.54 Å². The molecule has 2 aliphatic heterocycles. The van der Waals surface area contributed by atoms with Crippen LogP contribution in [0.15, 0.2) is 30.3 Å². The number of likely N-dealkylation sites (tertiary alicyclic amines) is 1. The first kappa shape index (κ1) is 18.7. The second kappa shape index (κ2) is 7.99. The maximum Gasteiger partial charge on any atom is 0.254 e. The molecule has 0 bridgehead atoms. The van der Waals surface area contributed by atoms with E-state index in [4.69, 9.17) is 0 Å². The molecule has 1 aromatic carbocycles. The molecule has 0 radical (unpaired) electrons. The molecule has 5 nitrogen and oxygen atoms in total. The molecule has 3 rings (SSSR count). The van der Waals surface area contributed by atoms with Crippen molar-refractivity contribution < 1.29 is 9.59 Å². The maximum absolute atomic E-state index is 12.9. The third-order valence-corrected chi connectivity index (χ3v) is 5.07. The van der Waals surface area contributed by atoms with Crippen LogP contribution in [0.3, 0.4) is 0 Å². The standard InChI is InChI=1S/C18H25N3O2.ClH/c1-18(17(23)20-15-8-11-19-12-9-15)10-5-13-21(18)16(22)14-6-3-2-4-7-14;/h2-4,6-7,15,19H,5,8-13H2,1H3,(H,20,23);1H. The van der Waals surface area contributed by atoms with Crippen LogP contribution in [0.5, 0.6) is 0 Å². The SMILES string of the molecule is CC1(C(=O)NC2CCNCC2)CCCN1C(=O)c1ccccc1.Cl. The molecule has 0 aliphatic carbocycles. The maximum atomic E-state index is 12.9. The van der Waals surface area contributed by atoms with Crippen molar-refractivity contribution in [2.45, 2.75) is 44.2 Å². The van der Waals surface area contributed by atoms with Gasteiger partial charge in [0.05, 0.1) is 0 Å². The van der Waals surface area contributed by atoms with Gasteiger partial charge in [0.25, 0.3) is 5.91 Å². The third kappa shape index (κ3) is 3.73. The average molecular weight is 352 g/mol. The van der Waals surface area contributed by atoms with E-state index < -0.39 is 5.54 Å². The van der Waals surface area contributed by atoms with Gasteiger partial charge in [-0.3, -0.25) is 9.59 Å². The first-order valence-corrected chi connectivity index (χ1v) is 8.50. The summed E-state index contributed by atoms with van der Waals surface area (Å²) in [7, 11) is 0. The van der Waals surface area contributed by atoms with Crippen LogP contribution in [0.4, 0.5) is 0 Å². The second-order valence-electron chi connectivity index (χ2n) is 6.70. The number of carbonyl (C=O) groups excluding carboxylic acids is 2. The van der Waals surface area contributed by atoms with Crippen molar-refractivity contribution in [2.75, 3.05) is 19.6 Å². The molecule has 2 aliphatic rings. The Morgan fingerprint density at radius 2 is 1.88 bits per heavy atom. The van der Waals surface area contributed by atoms with Crippen LogP contribution in [0, 0.1) is 0 Å². The van der Waals surface area contributed by atoms with Gasteiger partial charge in [-0.2, -0.15) is 0 Å². The summed E-state index contributed by atoms with van der Waals surface area (Å²) in [5.41, 5.74) is -0.0899. The number of hydrogen-bond donors (Lipinski definition) is 2. The van der Waals surface area contributed by atoms with Gasteiger partial charge in [-0.05, 0) is 57.8 Å². The number of nitrogens with one attached hydrogen (secondary N) is 2. The predicted octanol–water partition coefficient (Wildman–Crippen LogP) is 1.97. The van der Waals surface area contributed by atoms with Gasteiger partial charge >= 0.3 is 0 Å². The van der Waals surface area contributed by atoms with Gasteiger partial charge in [0.2, 0.25) is 5.91 Å². The molecule has 24 heavy (non-hydrogen) atoms. The van der Waals surface area contributed by atoms with Crippen LogP contribution in [-0.4, -0.2) is 47.9 Å². The number of hydrogen-bond acceptors (Lipinski definition) is 3. The fraction of sp³-hybridized carbons (Fsp3) is 0.556. The molecule has 6 heteroatoms. The molecule has 2 fully saturated rings. The van der Waals surface area contributed by atoms with Gasteiger partial charge < -0.3 is 15.5 Å². The highest BCUT2D eigenvalue weighted by atomic mass is 35.5. The minimum atomic E-state index is -0.738. The van der Waals surface area contributed by atoms with Gasteiger partial charge in [-0.1, -0.05) is 18.2 Å². The summed E-state index contributed by atoms with van der Waals surface area (Å²) in [5.74, 6) is -0.0581. The van der Waals surface area contributed by atoms with Crippen molar-refractivity contribution in [1.29, 1.82) is 0 Å². The molecule has 2 heterocycles. The molecule has 2 amide bonds. The highest BCUT2D eigenvalue weighted by Crippen LogP contribution is 2.31. The van der Waals surface area contributed by atoms with E-state index in [-0.39, 0.29) is 30.3 Å². The number of amides is 2. The van der Waals surface area contributed by atoms with E-state index in [1.54, 1.807) is 4.90 Å². The molecule has 1 aromatic rings. The zero-order valence-corrected chi connectivity index (χ0v) is 14.9. The molecule has 0 spiro atoms. The monoisotopic (exact) mass is 351 g/mol. The number of rotatable bonds is 3. The fourth-order valence-electron chi connectivity index (χ4n) is 3.57. The van der Waals surface area contributed by atoms with E-state index in [1.165, 1.54) is 0 Å². The Morgan fingerprint density at radius 1 is 1.21 bits per heavy atom.